The molecule has 0 aromatic carbocycles. The first-order valence-corrected chi connectivity index (χ1v) is 9.39. The lowest BCUT2D eigenvalue weighted by atomic mass is 10.1. The molecule has 9 nitrogen and oxygen atoms in total. The van der Waals surface area contributed by atoms with Gasteiger partial charge in [0.2, 0.25) is 11.9 Å². The van der Waals surface area contributed by atoms with Crippen molar-refractivity contribution in [3.05, 3.63) is 36.3 Å². The zero-order chi connectivity index (χ0) is 19.7. The second-order valence-corrected chi connectivity index (χ2v) is 7.16. The van der Waals surface area contributed by atoms with E-state index in [9.17, 15) is 4.79 Å². The first kappa shape index (κ1) is 18.3. The van der Waals surface area contributed by atoms with Crippen molar-refractivity contribution in [1.82, 2.24) is 29.6 Å². The number of halogens is 1. The Morgan fingerprint density at radius 2 is 2.32 bits per heavy atom. The van der Waals surface area contributed by atoms with Crippen LogP contribution in [0.3, 0.4) is 0 Å². The summed E-state index contributed by atoms with van der Waals surface area (Å²) in [5, 5.41) is 12.0. The smallest absolute Gasteiger partial charge is 0.246 e. The van der Waals surface area contributed by atoms with Crippen molar-refractivity contribution in [3.63, 3.8) is 0 Å². The second kappa shape index (κ2) is 7.51. The first-order chi connectivity index (χ1) is 13.5. The van der Waals surface area contributed by atoms with Crippen LogP contribution < -0.4 is 10.6 Å². The van der Waals surface area contributed by atoms with E-state index < -0.39 is 0 Å². The largest absolute Gasteiger partial charge is 0.365 e. The maximum absolute atomic E-state index is 12.0. The molecule has 1 fully saturated rings. The summed E-state index contributed by atoms with van der Waals surface area (Å²) in [6.45, 7) is 4.90. The van der Waals surface area contributed by atoms with E-state index in [0.29, 0.717) is 29.0 Å². The van der Waals surface area contributed by atoms with Crippen LogP contribution in [0.4, 0.5) is 17.5 Å². The van der Waals surface area contributed by atoms with E-state index in [4.69, 9.17) is 11.6 Å². The van der Waals surface area contributed by atoms with Gasteiger partial charge < -0.3 is 20.5 Å². The molecule has 1 unspecified atom stereocenters. The summed E-state index contributed by atoms with van der Waals surface area (Å²) in [5.41, 5.74) is 1.41. The van der Waals surface area contributed by atoms with E-state index in [1.807, 2.05) is 13.2 Å². The Balaban J connectivity index is 1.62. The van der Waals surface area contributed by atoms with Crippen molar-refractivity contribution < 1.29 is 4.79 Å². The van der Waals surface area contributed by atoms with Gasteiger partial charge in [-0.05, 0) is 18.9 Å². The van der Waals surface area contributed by atoms with Crippen LogP contribution in [0.5, 0.6) is 0 Å². The highest BCUT2D eigenvalue weighted by Crippen LogP contribution is 2.31. The number of anilines is 3. The van der Waals surface area contributed by atoms with Gasteiger partial charge in [0, 0.05) is 38.6 Å². The lowest BCUT2D eigenvalue weighted by molar-refractivity contribution is -0.127. The fraction of sp³-hybridized carbons (Fsp3) is 0.333. The van der Waals surface area contributed by atoms with Gasteiger partial charge in [-0.25, -0.2) is 0 Å². The molecule has 1 aliphatic heterocycles. The monoisotopic (exact) mass is 400 g/mol. The topological polar surface area (TPSA) is 104 Å². The molecule has 0 aliphatic carbocycles. The third kappa shape index (κ3) is 3.65. The number of piperidine rings is 1. The van der Waals surface area contributed by atoms with Crippen LogP contribution in [0.1, 0.15) is 12.8 Å². The summed E-state index contributed by atoms with van der Waals surface area (Å²) in [4.78, 5) is 25.9. The quantitative estimate of drug-likeness (QED) is 0.569. The van der Waals surface area contributed by atoms with Crippen molar-refractivity contribution >= 4 is 46.0 Å². The summed E-state index contributed by atoms with van der Waals surface area (Å²) in [6, 6.07) is 0.0629. The molecular weight excluding hydrogens is 380 g/mol. The Morgan fingerprint density at radius 1 is 1.46 bits per heavy atom. The number of aromatic amines is 1. The van der Waals surface area contributed by atoms with Crippen molar-refractivity contribution in [2.75, 3.05) is 23.7 Å². The zero-order valence-corrected chi connectivity index (χ0v) is 16.2. The van der Waals surface area contributed by atoms with Crippen LogP contribution in [-0.2, 0) is 11.8 Å². The molecule has 0 radical (unpaired) electrons. The van der Waals surface area contributed by atoms with Crippen LogP contribution in [0.15, 0.2) is 31.2 Å². The molecule has 146 valence electrons. The Bertz CT molecular complexity index is 1030. The molecule has 0 saturated carbocycles. The molecule has 10 heteroatoms. The number of hydrogen-bond acceptors (Lipinski definition) is 6. The van der Waals surface area contributed by atoms with E-state index in [-0.39, 0.29) is 11.9 Å². The summed E-state index contributed by atoms with van der Waals surface area (Å²) < 4.78 is 1.69. The van der Waals surface area contributed by atoms with Gasteiger partial charge in [0.25, 0.3) is 0 Å². The van der Waals surface area contributed by atoms with Crippen LogP contribution in [0.2, 0.25) is 5.02 Å². The summed E-state index contributed by atoms with van der Waals surface area (Å²) in [6.07, 6.45) is 8.41. The summed E-state index contributed by atoms with van der Waals surface area (Å²) >= 11 is 6.35. The van der Waals surface area contributed by atoms with Gasteiger partial charge in [0.15, 0.2) is 0 Å². The number of fused-ring (bicyclic) bond motifs is 1. The molecule has 1 saturated heterocycles. The predicted octanol–water partition coefficient (Wildman–Crippen LogP) is 2.68. The van der Waals surface area contributed by atoms with Gasteiger partial charge >= 0.3 is 0 Å². The lowest BCUT2D eigenvalue weighted by Gasteiger charge is -2.33. The number of nitrogens with one attached hydrogen (secondary N) is 3. The van der Waals surface area contributed by atoms with Crippen molar-refractivity contribution in [1.29, 1.82) is 0 Å². The van der Waals surface area contributed by atoms with E-state index >= 15 is 0 Å². The highest BCUT2D eigenvalue weighted by atomic mass is 35.5. The number of likely N-dealkylation sites (tertiary alicyclic amines) is 1. The Kier molecular flexibility index (Phi) is 4.91. The number of rotatable bonds is 5. The molecule has 3 aromatic heterocycles. The summed E-state index contributed by atoms with van der Waals surface area (Å²) in [5.74, 6) is 0.995. The average molecular weight is 401 g/mol. The fourth-order valence-electron chi connectivity index (χ4n) is 3.39. The molecule has 4 rings (SSSR count). The number of nitrogens with zero attached hydrogens (tertiary/aromatic N) is 5. The minimum Gasteiger partial charge on any atom is -0.365 e. The molecular formula is C18H21ClN8O. The van der Waals surface area contributed by atoms with Crippen LogP contribution >= 0.6 is 11.6 Å². The van der Waals surface area contributed by atoms with Crippen LogP contribution in [0, 0.1) is 0 Å². The summed E-state index contributed by atoms with van der Waals surface area (Å²) in [7, 11) is 1.84. The Morgan fingerprint density at radius 3 is 3.07 bits per heavy atom. The molecule has 1 atom stereocenters. The van der Waals surface area contributed by atoms with Gasteiger partial charge in [0.1, 0.15) is 11.5 Å². The molecule has 1 amide bonds. The molecule has 1 aliphatic rings. The third-order valence-electron chi connectivity index (χ3n) is 4.69. The molecule has 3 aromatic rings. The van der Waals surface area contributed by atoms with Crippen LogP contribution in [-0.4, -0.2) is 54.7 Å². The standard InChI is InChI=1S/C18H21ClN8O/c1-3-14(28)27-6-4-5-11(10-27)22-17-15-13(19)8-20-16(15)24-18(25-17)23-12-7-21-26(2)9-12/h3,7-9,11H,1,4-6,10H2,2H3,(H3,20,22,23,24,25). The van der Waals surface area contributed by atoms with Gasteiger partial charge in [-0.1, -0.05) is 18.2 Å². The minimum atomic E-state index is -0.0575. The number of aromatic nitrogens is 5. The van der Waals surface area contributed by atoms with Crippen molar-refractivity contribution in [2.45, 2.75) is 18.9 Å². The highest BCUT2D eigenvalue weighted by molar-refractivity contribution is 6.36. The molecule has 4 heterocycles. The van der Waals surface area contributed by atoms with Gasteiger partial charge in [0.05, 0.1) is 22.3 Å². The van der Waals surface area contributed by atoms with E-state index in [0.717, 1.165) is 30.5 Å². The van der Waals surface area contributed by atoms with Crippen molar-refractivity contribution in [2.24, 2.45) is 7.05 Å². The molecule has 0 spiro atoms. The fourth-order valence-corrected chi connectivity index (χ4v) is 3.62. The first-order valence-electron chi connectivity index (χ1n) is 9.01. The molecule has 0 bridgehead atoms. The predicted molar refractivity (Wildman–Crippen MR) is 109 cm³/mol. The van der Waals surface area contributed by atoms with Crippen molar-refractivity contribution in [3.8, 4) is 0 Å². The number of carbonyl (C=O) groups is 1. The number of carbonyl (C=O) groups excluding carboxylic acids is 1. The van der Waals surface area contributed by atoms with E-state index in [1.54, 1.807) is 22.0 Å². The van der Waals surface area contributed by atoms with E-state index in [2.05, 4.69) is 37.3 Å². The van der Waals surface area contributed by atoms with Gasteiger partial charge in [-0.3, -0.25) is 9.48 Å². The average Bonchev–Trinajstić information content (AvgIpc) is 3.27. The number of hydrogen-bond donors (Lipinski definition) is 3. The van der Waals surface area contributed by atoms with Crippen LogP contribution in [0.25, 0.3) is 11.0 Å². The van der Waals surface area contributed by atoms with E-state index in [1.165, 1.54) is 6.08 Å². The van der Waals surface area contributed by atoms with Gasteiger partial charge in [-0.2, -0.15) is 15.1 Å². The maximum atomic E-state index is 12.0. The molecule has 3 N–H and O–H groups in total. The molecule has 28 heavy (non-hydrogen) atoms. The van der Waals surface area contributed by atoms with Gasteiger partial charge in [-0.15, -0.1) is 0 Å². The minimum absolute atomic E-state index is 0.0575. The SMILES string of the molecule is C=CC(=O)N1CCCC(Nc2nc(Nc3cnn(C)c3)nc3[nH]cc(Cl)c23)C1. The Hall–Kier alpha value is -3.07. The lowest BCUT2D eigenvalue weighted by Crippen LogP contribution is -2.44. The number of amides is 1. The normalized spacial score (nSPS) is 16.9. The zero-order valence-electron chi connectivity index (χ0n) is 15.4. The number of H-pyrrole nitrogens is 1. The maximum Gasteiger partial charge on any atom is 0.246 e. The second-order valence-electron chi connectivity index (χ2n) is 6.76. The third-order valence-corrected chi connectivity index (χ3v) is 4.99. The number of aryl methyl sites for hydroxylation is 1. The Labute approximate surface area is 166 Å². The highest BCUT2D eigenvalue weighted by Gasteiger charge is 2.24.